The van der Waals surface area contributed by atoms with Gasteiger partial charge < -0.3 is 10.1 Å². The average Bonchev–Trinajstić information content (AvgIpc) is 3.17. The standard InChI is InChI=1S/C21H28N2O2S.ClH/c1-16-9-11-23(12-10-16)18(20-8-5-13-26-20)14-22-21(24)15-25-19-7-4-3-6-17(19)2;/h3-8,13,16,18H,9-12,14-15H2,1-2H3,(H,22,24);1H. The summed E-state index contributed by atoms with van der Waals surface area (Å²) in [5.41, 5.74) is 1.04. The zero-order valence-corrected chi connectivity index (χ0v) is 17.7. The molecule has 1 aromatic carbocycles. The minimum absolute atomic E-state index is 0. The number of benzene rings is 1. The lowest BCUT2D eigenvalue weighted by Gasteiger charge is -2.36. The minimum Gasteiger partial charge on any atom is -0.484 e. The van der Waals surface area contributed by atoms with Gasteiger partial charge in [-0.05, 0) is 61.8 Å². The van der Waals surface area contributed by atoms with Gasteiger partial charge in [-0.15, -0.1) is 23.7 Å². The molecule has 1 N–H and O–H groups in total. The molecule has 1 amide bonds. The number of halogens is 1. The lowest BCUT2D eigenvalue weighted by molar-refractivity contribution is -0.123. The van der Waals surface area contributed by atoms with Crippen LogP contribution in [0, 0.1) is 12.8 Å². The third-order valence-corrected chi connectivity index (χ3v) is 6.05. The molecule has 1 aromatic heterocycles. The molecule has 2 aromatic rings. The molecule has 1 aliphatic rings. The second-order valence-corrected chi connectivity index (χ2v) is 8.09. The van der Waals surface area contributed by atoms with Crippen LogP contribution < -0.4 is 10.1 Å². The highest BCUT2D eigenvalue weighted by Gasteiger charge is 2.25. The third kappa shape index (κ3) is 6.23. The molecular weight excluding hydrogens is 380 g/mol. The summed E-state index contributed by atoms with van der Waals surface area (Å²) in [7, 11) is 0. The number of aryl methyl sites for hydroxylation is 1. The Morgan fingerprint density at radius 1 is 1.26 bits per heavy atom. The number of nitrogens with zero attached hydrogens (tertiary/aromatic N) is 1. The van der Waals surface area contributed by atoms with Gasteiger partial charge in [0.15, 0.2) is 6.61 Å². The highest BCUT2D eigenvalue weighted by Crippen LogP contribution is 2.29. The molecule has 1 aliphatic heterocycles. The van der Waals surface area contributed by atoms with Crippen molar-refractivity contribution in [3.63, 3.8) is 0 Å². The normalized spacial score (nSPS) is 16.4. The van der Waals surface area contributed by atoms with Gasteiger partial charge in [-0.3, -0.25) is 9.69 Å². The van der Waals surface area contributed by atoms with Crippen LogP contribution in [0.3, 0.4) is 0 Å². The number of ether oxygens (including phenoxy) is 1. The van der Waals surface area contributed by atoms with E-state index in [4.69, 9.17) is 4.74 Å². The van der Waals surface area contributed by atoms with E-state index in [1.54, 1.807) is 11.3 Å². The number of likely N-dealkylation sites (tertiary alicyclic amines) is 1. The Morgan fingerprint density at radius 3 is 2.67 bits per heavy atom. The zero-order chi connectivity index (χ0) is 18.4. The number of piperidine rings is 1. The van der Waals surface area contributed by atoms with Crippen LogP contribution in [-0.2, 0) is 4.79 Å². The molecule has 1 saturated heterocycles. The first-order valence-corrected chi connectivity index (χ1v) is 10.2. The van der Waals surface area contributed by atoms with Gasteiger partial charge >= 0.3 is 0 Å². The molecule has 1 unspecified atom stereocenters. The maximum Gasteiger partial charge on any atom is 0.258 e. The molecule has 0 saturated carbocycles. The van der Waals surface area contributed by atoms with Gasteiger partial charge in [0.1, 0.15) is 5.75 Å². The van der Waals surface area contributed by atoms with Crippen LogP contribution in [-0.4, -0.2) is 37.0 Å². The van der Waals surface area contributed by atoms with Crippen molar-refractivity contribution in [2.24, 2.45) is 5.92 Å². The summed E-state index contributed by atoms with van der Waals surface area (Å²) in [5, 5.41) is 5.18. The number of hydrogen-bond acceptors (Lipinski definition) is 4. The largest absolute Gasteiger partial charge is 0.484 e. The molecule has 0 spiro atoms. The Kier molecular flexibility index (Phi) is 8.61. The average molecular weight is 409 g/mol. The number of rotatable bonds is 7. The van der Waals surface area contributed by atoms with Gasteiger partial charge in [-0.2, -0.15) is 0 Å². The fourth-order valence-electron chi connectivity index (χ4n) is 3.35. The van der Waals surface area contributed by atoms with Crippen LogP contribution in [0.15, 0.2) is 41.8 Å². The fourth-order valence-corrected chi connectivity index (χ4v) is 4.21. The van der Waals surface area contributed by atoms with E-state index in [1.165, 1.54) is 17.7 Å². The van der Waals surface area contributed by atoms with E-state index in [9.17, 15) is 4.79 Å². The molecule has 148 valence electrons. The van der Waals surface area contributed by atoms with Crippen molar-refractivity contribution < 1.29 is 9.53 Å². The highest BCUT2D eigenvalue weighted by atomic mass is 35.5. The van der Waals surface area contributed by atoms with Crippen molar-refractivity contribution >= 4 is 29.7 Å². The number of carbonyl (C=O) groups excluding carboxylic acids is 1. The maximum absolute atomic E-state index is 12.3. The minimum atomic E-state index is -0.0693. The molecule has 3 rings (SSSR count). The van der Waals surface area contributed by atoms with E-state index in [1.807, 2.05) is 31.2 Å². The van der Waals surface area contributed by atoms with Gasteiger partial charge in [-0.1, -0.05) is 31.2 Å². The number of nitrogens with one attached hydrogen (secondary N) is 1. The molecule has 27 heavy (non-hydrogen) atoms. The lowest BCUT2D eigenvalue weighted by atomic mass is 9.97. The Balaban J connectivity index is 0.00000261. The number of carbonyl (C=O) groups is 1. The summed E-state index contributed by atoms with van der Waals surface area (Å²) in [6.45, 7) is 7.18. The van der Waals surface area contributed by atoms with E-state index in [-0.39, 0.29) is 31.0 Å². The molecule has 6 heteroatoms. The Labute approximate surface area is 172 Å². The van der Waals surface area contributed by atoms with Crippen molar-refractivity contribution in [3.8, 4) is 5.75 Å². The predicted molar refractivity (Wildman–Crippen MR) is 114 cm³/mol. The molecule has 0 radical (unpaired) electrons. The van der Waals surface area contributed by atoms with Crippen LogP contribution in [0.2, 0.25) is 0 Å². The van der Waals surface area contributed by atoms with Gasteiger partial charge in [0.05, 0.1) is 6.04 Å². The summed E-state index contributed by atoms with van der Waals surface area (Å²) in [6.07, 6.45) is 2.46. The summed E-state index contributed by atoms with van der Waals surface area (Å²) < 4.78 is 5.66. The van der Waals surface area contributed by atoms with Crippen LogP contribution in [0.5, 0.6) is 5.75 Å². The number of hydrogen-bond donors (Lipinski definition) is 1. The van der Waals surface area contributed by atoms with Crippen molar-refractivity contribution in [1.82, 2.24) is 10.2 Å². The molecule has 0 aliphatic carbocycles. The maximum atomic E-state index is 12.3. The second kappa shape index (κ2) is 10.7. The van der Waals surface area contributed by atoms with Crippen LogP contribution in [0.25, 0.3) is 0 Å². The first-order valence-electron chi connectivity index (χ1n) is 9.36. The van der Waals surface area contributed by atoms with Crippen LogP contribution in [0.1, 0.15) is 36.2 Å². The molecule has 2 heterocycles. The van der Waals surface area contributed by atoms with Gasteiger partial charge in [0.2, 0.25) is 0 Å². The third-order valence-electron chi connectivity index (χ3n) is 5.08. The molecular formula is C21H29ClN2O2S. The molecule has 1 fully saturated rings. The topological polar surface area (TPSA) is 41.6 Å². The highest BCUT2D eigenvalue weighted by molar-refractivity contribution is 7.10. The van der Waals surface area contributed by atoms with Crippen molar-refractivity contribution in [2.45, 2.75) is 32.7 Å². The number of amides is 1. The Hall–Kier alpha value is -1.56. The van der Waals surface area contributed by atoms with E-state index in [0.29, 0.717) is 6.54 Å². The van der Waals surface area contributed by atoms with E-state index >= 15 is 0 Å². The first kappa shape index (κ1) is 21.7. The van der Waals surface area contributed by atoms with E-state index in [0.717, 1.165) is 30.3 Å². The van der Waals surface area contributed by atoms with Crippen molar-refractivity contribution in [3.05, 3.63) is 52.2 Å². The van der Waals surface area contributed by atoms with Gasteiger partial charge in [0.25, 0.3) is 5.91 Å². The number of para-hydroxylation sites is 1. The summed E-state index contributed by atoms with van der Waals surface area (Å²) in [6, 6.07) is 12.3. The molecule has 0 bridgehead atoms. The Morgan fingerprint density at radius 2 is 2.00 bits per heavy atom. The van der Waals surface area contributed by atoms with E-state index < -0.39 is 0 Å². The molecule has 1 atom stereocenters. The number of thiophene rings is 1. The summed E-state index contributed by atoms with van der Waals surface area (Å²) >= 11 is 1.77. The van der Waals surface area contributed by atoms with Crippen molar-refractivity contribution in [1.29, 1.82) is 0 Å². The quantitative estimate of drug-likeness (QED) is 0.736. The SMILES string of the molecule is Cc1ccccc1OCC(=O)NCC(c1cccs1)N1CCC(C)CC1.Cl. The fraction of sp³-hybridized carbons (Fsp3) is 0.476. The second-order valence-electron chi connectivity index (χ2n) is 7.11. The van der Waals surface area contributed by atoms with Crippen LogP contribution in [0.4, 0.5) is 0 Å². The smallest absolute Gasteiger partial charge is 0.258 e. The summed E-state index contributed by atoms with van der Waals surface area (Å²) in [4.78, 5) is 16.1. The first-order chi connectivity index (χ1) is 12.6. The Bertz CT molecular complexity index is 700. The van der Waals surface area contributed by atoms with Crippen molar-refractivity contribution in [2.75, 3.05) is 26.2 Å². The van der Waals surface area contributed by atoms with E-state index in [2.05, 4.69) is 34.7 Å². The summed E-state index contributed by atoms with van der Waals surface area (Å²) in [5.74, 6) is 1.50. The monoisotopic (exact) mass is 408 g/mol. The predicted octanol–water partition coefficient (Wildman–Crippen LogP) is 4.45. The van der Waals surface area contributed by atoms with Gasteiger partial charge in [0, 0.05) is 11.4 Å². The lowest BCUT2D eigenvalue weighted by Crippen LogP contribution is -2.42. The van der Waals surface area contributed by atoms with Crippen LogP contribution >= 0.6 is 23.7 Å². The molecule has 4 nitrogen and oxygen atoms in total. The van der Waals surface area contributed by atoms with Gasteiger partial charge in [-0.25, -0.2) is 0 Å². The zero-order valence-electron chi connectivity index (χ0n) is 16.0.